The molecule has 1 aromatic rings. The summed E-state index contributed by atoms with van der Waals surface area (Å²) in [5.74, 6) is -0.255. The van der Waals surface area contributed by atoms with Gasteiger partial charge in [0.05, 0.1) is 13.2 Å². The fraction of sp³-hybridized carbons (Fsp3) is 0.444. The van der Waals surface area contributed by atoms with Crippen molar-refractivity contribution < 1.29 is 19.1 Å². The number of carbonyl (C=O) groups excluding carboxylic acids is 2. The van der Waals surface area contributed by atoms with E-state index in [0.717, 1.165) is 12.0 Å². The lowest BCUT2D eigenvalue weighted by Crippen LogP contribution is -2.40. The van der Waals surface area contributed by atoms with E-state index in [4.69, 9.17) is 4.74 Å². The molecular weight excluding hydrogens is 294 g/mol. The number of hydrogen-bond donors (Lipinski definition) is 0. The largest absolute Gasteiger partial charge is 0.466 e. The van der Waals surface area contributed by atoms with Crippen molar-refractivity contribution in [3.05, 3.63) is 48.0 Å². The van der Waals surface area contributed by atoms with Crippen LogP contribution in [0, 0.1) is 5.92 Å². The van der Waals surface area contributed by atoms with E-state index in [1.807, 2.05) is 44.2 Å². The van der Waals surface area contributed by atoms with E-state index in [1.165, 1.54) is 18.1 Å². The third-order valence-corrected chi connectivity index (χ3v) is 3.80. The van der Waals surface area contributed by atoms with Crippen LogP contribution in [0.15, 0.2) is 42.5 Å². The van der Waals surface area contributed by atoms with Crippen LogP contribution in [0.1, 0.15) is 25.8 Å². The highest BCUT2D eigenvalue weighted by atomic mass is 16.6. The molecular formula is C18H25NO4. The Hall–Kier alpha value is -2.30. The molecule has 0 heterocycles. The number of nitrogens with zero attached hydrogens (tertiary/aromatic N) is 1. The van der Waals surface area contributed by atoms with Crippen LogP contribution in [0.25, 0.3) is 0 Å². The Morgan fingerprint density at radius 1 is 1.26 bits per heavy atom. The quantitative estimate of drug-likeness (QED) is 0.571. The van der Waals surface area contributed by atoms with Crippen molar-refractivity contribution in [2.75, 3.05) is 14.2 Å². The Bertz CT molecular complexity index is 527. The smallest absolute Gasteiger partial charge is 0.410 e. The first kappa shape index (κ1) is 18.7. The average Bonchev–Trinajstić information content (AvgIpc) is 2.59. The first-order valence-corrected chi connectivity index (χ1v) is 7.69. The molecule has 0 aliphatic carbocycles. The first-order valence-electron chi connectivity index (χ1n) is 7.69. The zero-order chi connectivity index (χ0) is 17.2. The van der Waals surface area contributed by atoms with Gasteiger partial charge in [0.1, 0.15) is 6.61 Å². The lowest BCUT2D eigenvalue weighted by atomic mass is 9.98. The van der Waals surface area contributed by atoms with E-state index >= 15 is 0 Å². The molecule has 2 atom stereocenters. The number of carbonyl (C=O) groups is 2. The van der Waals surface area contributed by atoms with Gasteiger partial charge in [0.2, 0.25) is 0 Å². The van der Waals surface area contributed by atoms with Crippen molar-refractivity contribution in [1.82, 2.24) is 4.90 Å². The second-order valence-corrected chi connectivity index (χ2v) is 5.41. The normalized spacial score (nSPS) is 13.4. The second-order valence-electron chi connectivity index (χ2n) is 5.41. The van der Waals surface area contributed by atoms with Crippen LogP contribution in [0.4, 0.5) is 4.79 Å². The SMILES string of the molecule is CC[C@H](C)[C@@H](/C=C/C(=O)OC)N(C)C(=O)OCc1ccccc1. The summed E-state index contributed by atoms with van der Waals surface area (Å²) in [6.07, 6.45) is 3.47. The molecule has 0 spiro atoms. The predicted molar refractivity (Wildman–Crippen MR) is 88.8 cm³/mol. The minimum atomic E-state index is -0.440. The van der Waals surface area contributed by atoms with Crippen LogP contribution in [0.2, 0.25) is 0 Å². The standard InChI is InChI=1S/C18H25NO4/c1-5-14(2)16(11-12-17(20)22-4)19(3)18(21)23-13-15-9-7-6-8-10-15/h6-12,14,16H,5,13H2,1-4H3/b12-11+/t14-,16+/m0/s1. The summed E-state index contributed by atoms with van der Waals surface area (Å²) in [6.45, 7) is 4.28. The molecule has 5 heteroatoms. The summed E-state index contributed by atoms with van der Waals surface area (Å²) in [7, 11) is 2.99. The van der Waals surface area contributed by atoms with Crippen LogP contribution < -0.4 is 0 Å². The van der Waals surface area contributed by atoms with Crippen LogP contribution in [0.3, 0.4) is 0 Å². The van der Waals surface area contributed by atoms with Crippen molar-refractivity contribution in [1.29, 1.82) is 0 Å². The topological polar surface area (TPSA) is 55.8 Å². The van der Waals surface area contributed by atoms with Crippen LogP contribution >= 0.6 is 0 Å². The fourth-order valence-electron chi connectivity index (χ4n) is 2.13. The Balaban J connectivity index is 2.70. The highest BCUT2D eigenvalue weighted by Crippen LogP contribution is 2.16. The van der Waals surface area contributed by atoms with Crippen molar-refractivity contribution >= 4 is 12.1 Å². The Kier molecular flexibility index (Phi) is 7.88. The van der Waals surface area contributed by atoms with Gasteiger partial charge in [-0.05, 0) is 11.5 Å². The van der Waals surface area contributed by atoms with Crippen molar-refractivity contribution in [3.8, 4) is 0 Å². The number of methoxy groups -OCH3 is 1. The summed E-state index contributed by atoms with van der Waals surface area (Å²) in [5.41, 5.74) is 0.930. The molecule has 0 radical (unpaired) electrons. The minimum Gasteiger partial charge on any atom is -0.466 e. The number of hydrogen-bond acceptors (Lipinski definition) is 4. The van der Waals surface area contributed by atoms with Gasteiger partial charge in [0.25, 0.3) is 0 Å². The predicted octanol–water partition coefficient (Wildman–Crippen LogP) is 3.40. The molecule has 0 aromatic heterocycles. The zero-order valence-corrected chi connectivity index (χ0v) is 14.2. The molecule has 0 saturated heterocycles. The minimum absolute atomic E-state index is 0.185. The van der Waals surface area contributed by atoms with E-state index in [9.17, 15) is 9.59 Å². The lowest BCUT2D eigenvalue weighted by molar-refractivity contribution is -0.134. The van der Waals surface area contributed by atoms with E-state index in [0.29, 0.717) is 0 Å². The van der Waals surface area contributed by atoms with E-state index < -0.39 is 12.1 Å². The number of ether oxygens (including phenoxy) is 2. The maximum absolute atomic E-state index is 12.2. The summed E-state index contributed by atoms with van der Waals surface area (Å²) in [4.78, 5) is 25.0. The van der Waals surface area contributed by atoms with E-state index in [1.54, 1.807) is 13.1 Å². The van der Waals surface area contributed by atoms with Gasteiger partial charge in [-0.1, -0.05) is 56.7 Å². The summed E-state index contributed by atoms with van der Waals surface area (Å²) in [5, 5.41) is 0. The van der Waals surface area contributed by atoms with Gasteiger partial charge in [-0.3, -0.25) is 0 Å². The number of rotatable bonds is 7. The molecule has 5 nitrogen and oxygen atoms in total. The van der Waals surface area contributed by atoms with Gasteiger partial charge >= 0.3 is 12.1 Å². The number of benzene rings is 1. The molecule has 0 saturated carbocycles. The van der Waals surface area contributed by atoms with Crippen LogP contribution in [0.5, 0.6) is 0 Å². The summed E-state index contributed by atoms with van der Waals surface area (Å²) >= 11 is 0. The number of esters is 1. The highest BCUT2D eigenvalue weighted by Gasteiger charge is 2.23. The van der Waals surface area contributed by atoms with Gasteiger partial charge in [-0.15, -0.1) is 0 Å². The highest BCUT2D eigenvalue weighted by molar-refractivity contribution is 5.82. The molecule has 0 N–H and O–H groups in total. The molecule has 1 rings (SSSR count). The zero-order valence-electron chi connectivity index (χ0n) is 14.2. The molecule has 0 unspecified atom stereocenters. The van der Waals surface area contributed by atoms with Crippen LogP contribution in [-0.4, -0.2) is 37.2 Å². The Morgan fingerprint density at radius 3 is 2.48 bits per heavy atom. The molecule has 1 aromatic carbocycles. The van der Waals surface area contributed by atoms with Gasteiger partial charge in [-0.2, -0.15) is 0 Å². The van der Waals surface area contributed by atoms with Gasteiger partial charge in [0.15, 0.2) is 0 Å². The maximum Gasteiger partial charge on any atom is 0.410 e. The van der Waals surface area contributed by atoms with Gasteiger partial charge < -0.3 is 14.4 Å². The molecule has 0 aliphatic rings. The summed E-state index contributed by atoms with van der Waals surface area (Å²) in [6, 6.07) is 9.27. The maximum atomic E-state index is 12.2. The monoisotopic (exact) mass is 319 g/mol. The molecule has 0 aliphatic heterocycles. The summed E-state index contributed by atoms with van der Waals surface area (Å²) < 4.78 is 9.93. The van der Waals surface area contributed by atoms with Crippen LogP contribution in [-0.2, 0) is 20.9 Å². The molecule has 1 amide bonds. The lowest BCUT2D eigenvalue weighted by Gasteiger charge is -2.29. The third-order valence-electron chi connectivity index (χ3n) is 3.80. The van der Waals surface area contributed by atoms with Crippen molar-refractivity contribution in [2.45, 2.75) is 32.9 Å². The molecule has 23 heavy (non-hydrogen) atoms. The fourth-order valence-corrected chi connectivity index (χ4v) is 2.13. The second kappa shape index (κ2) is 9.66. The van der Waals surface area contributed by atoms with Gasteiger partial charge in [0, 0.05) is 13.1 Å². The number of amides is 1. The van der Waals surface area contributed by atoms with Gasteiger partial charge in [-0.25, -0.2) is 9.59 Å². The Morgan fingerprint density at radius 2 is 1.91 bits per heavy atom. The molecule has 126 valence electrons. The first-order chi connectivity index (χ1) is 11.0. The number of likely N-dealkylation sites (N-methyl/N-ethyl adjacent to an activating group) is 1. The van der Waals surface area contributed by atoms with Crippen molar-refractivity contribution in [3.63, 3.8) is 0 Å². The molecule has 0 fully saturated rings. The third kappa shape index (κ3) is 6.14. The van der Waals surface area contributed by atoms with E-state index in [-0.39, 0.29) is 18.6 Å². The molecule has 0 bridgehead atoms. The Labute approximate surface area is 137 Å². The van der Waals surface area contributed by atoms with Crippen molar-refractivity contribution in [2.24, 2.45) is 5.92 Å². The average molecular weight is 319 g/mol. The van der Waals surface area contributed by atoms with E-state index in [2.05, 4.69) is 4.74 Å².